The van der Waals surface area contributed by atoms with Gasteiger partial charge >= 0.3 is 5.97 Å². The zero-order valence-corrected chi connectivity index (χ0v) is 16.7. The second kappa shape index (κ2) is 8.93. The van der Waals surface area contributed by atoms with Gasteiger partial charge in [-0.2, -0.15) is 11.8 Å². The molecule has 146 valence electrons. The van der Waals surface area contributed by atoms with Crippen molar-refractivity contribution < 1.29 is 19.1 Å². The molecule has 0 radical (unpaired) electrons. The van der Waals surface area contributed by atoms with Gasteiger partial charge in [0.2, 0.25) is 0 Å². The monoisotopic (exact) mass is 398 g/mol. The van der Waals surface area contributed by atoms with Crippen molar-refractivity contribution in [2.24, 2.45) is 0 Å². The first-order valence-corrected chi connectivity index (χ1v) is 10.1. The van der Waals surface area contributed by atoms with Gasteiger partial charge in [0.1, 0.15) is 0 Å². The number of carbonyl (C=O) groups excluding carboxylic acids is 3. The van der Waals surface area contributed by atoms with Gasteiger partial charge in [-0.05, 0) is 55.0 Å². The molecule has 28 heavy (non-hydrogen) atoms. The summed E-state index contributed by atoms with van der Waals surface area (Å²) in [5, 5.41) is 2.85. The molecule has 2 amide bonds. The molecule has 0 bridgehead atoms. The molecule has 1 heterocycles. The highest BCUT2D eigenvalue weighted by Gasteiger charge is 2.19. The summed E-state index contributed by atoms with van der Waals surface area (Å²) >= 11 is 1.86. The first-order chi connectivity index (χ1) is 13.5. The van der Waals surface area contributed by atoms with Crippen LogP contribution in [0.4, 0.5) is 5.69 Å². The van der Waals surface area contributed by atoms with Crippen molar-refractivity contribution in [3.05, 3.63) is 64.7 Å². The molecule has 0 saturated carbocycles. The maximum absolute atomic E-state index is 12.6. The minimum Gasteiger partial charge on any atom is -0.465 e. The smallest absolute Gasteiger partial charge is 0.337 e. The van der Waals surface area contributed by atoms with Crippen molar-refractivity contribution in [2.45, 2.75) is 6.92 Å². The number of nitrogens with zero attached hydrogens (tertiary/aromatic N) is 1. The van der Waals surface area contributed by atoms with Gasteiger partial charge in [0.25, 0.3) is 11.8 Å². The molecule has 3 rings (SSSR count). The summed E-state index contributed by atoms with van der Waals surface area (Å²) in [6.07, 6.45) is 0. The Morgan fingerprint density at radius 3 is 2.18 bits per heavy atom. The van der Waals surface area contributed by atoms with Crippen LogP contribution in [-0.2, 0) is 4.74 Å². The summed E-state index contributed by atoms with van der Waals surface area (Å²) < 4.78 is 4.65. The molecule has 2 aromatic rings. The molecule has 6 nitrogen and oxygen atoms in total. The zero-order chi connectivity index (χ0) is 20.1. The molecule has 0 aromatic heterocycles. The fraction of sp³-hybridized carbons (Fsp3) is 0.286. The lowest BCUT2D eigenvalue weighted by atomic mass is 10.1. The number of ether oxygens (including phenoxy) is 1. The number of aryl methyl sites for hydroxylation is 1. The van der Waals surface area contributed by atoms with Crippen molar-refractivity contribution in [2.75, 3.05) is 37.0 Å². The third-order valence-corrected chi connectivity index (χ3v) is 5.53. The number of methoxy groups -OCH3 is 1. The fourth-order valence-electron chi connectivity index (χ4n) is 2.96. The molecular weight excluding hydrogens is 376 g/mol. The molecule has 0 atom stereocenters. The van der Waals surface area contributed by atoms with Crippen LogP contribution in [0.15, 0.2) is 42.5 Å². The predicted octanol–water partition coefficient (Wildman–Crippen LogP) is 3.22. The van der Waals surface area contributed by atoms with Crippen molar-refractivity contribution in [1.82, 2.24) is 4.90 Å². The highest BCUT2D eigenvalue weighted by atomic mass is 32.2. The highest BCUT2D eigenvalue weighted by molar-refractivity contribution is 7.99. The lowest BCUT2D eigenvalue weighted by molar-refractivity contribution is 0.0600. The molecule has 2 aromatic carbocycles. The quantitative estimate of drug-likeness (QED) is 0.801. The van der Waals surface area contributed by atoms with Gasteiger partial charge in [-0.3, -0.25) is 9.59 Å². The minimum absolute atomic E-state index is 0.0275. The summed E-state index contributed by atoms with van der Waals surface area (Å²) in [5.41, 5.74) is 2.90. The Kier molecular flexibility index (Phi) is 6.36. The third-order valence-electron chi connectivity index (χ3n) is 4.59. The average molecular weight is 398 g/mol. The lowest BCUT2D eigenvalue weighted by Gasteiger charge is -2.26. The number of anilines is 1. The summed E-state index contributed by atoms with van der Waals surface area (Å²) in [5.74, 6) is 1.23. The molecule has 1 N–H and O–H groups in total. The van der Waals surface area contributed by atoms with Gasteiger partial charge in [0.15, 0.2) is 0 Å². The van der Waals surface area contributed by atoms with Crippen LogP contribution < -0.4 is 5.32 Å². The molecule has 1 aliphatic rings. The van der Waals surface area contributed by atoms with E-state index in [4.69, 9.17) is 0 Å². The first-order valence-electron chi connectivity index (χ1n) is 8.97. The Labute approximate surface area is 168 Å². The van der Waals surface area contributed by atoms with E-state index in [-0.39, 0.29) is 11.8 Å². The van der Waals surface area contributed by atoms with E-state index in [1.54, 1.807) is 42.5 Å². The molecule has 0 spiro atoms. The van der Waals surface area contributed by atoms with Gasteiger partial charge < -0.3 is 15.0 Å². The number of thioether (sulfide) groups is 1. The summed E-state index contributed by atoms with van der Waals surface area (Å²) in [6, 6.07) is 11.5. The lowest BCUT2D eigenvalue weighted by Crippen LogP contribution is -2.37. The van der Waals surface area contributed by atoms with E-state index in [2.05, 4.69) is 10.1 Å². The Bertz CT molecular complexity index is 890. The Morgan fingerprint density at radius 2 is 1.57 bits per heavy atom. The first kappa shape index (κ1) is 19.9. The van der Waals surface area contributed by atoms with Gasteiger partial charge in [-0.15, -0.1) is 0 Å². The van der Waals surface area contributed by atoms with Crippen molar-refractivity contribution >= 4 is 35.2 Å². The topological polar surface area (TPSA) is 75.7 Å². The number of hydrogen-bond acceptors (Lipinski definition) is 5. The highest BCUT2D eigenvalue weighted by Crippen LogP contribution is 2.20. The molecule has 7 heteroatoms. The van der Waals surface area contributed by atoms with E-state index < -0.39 is 5.97 Å². The zero-order valence-electron chi connectivity index (χ0n) is 15.9. The normalized spacial score (nSPS) is 13.7. The number of carbonyl (C=O) groups is 3. The Hall–Kier alpha value is -2.80. The second-order valence-electron chi connectivity index (χ2n) is 6.46. The maximum Gasteiger partial charge on any atom is 0.337 e. The van der Waals surface area contributed by atoms with Gasteiger partial charge in [-0.25, -0.2) is 4.79 Å². The molecule has 0 unspecified atom stereocenters. The minimum atomic E-state index is -0.449. The van der Waals surface area contributed by atoms with Gasteiger partial charge in [0, 0.05) is 41.4 Å². The van der Waals surface area contributed by atoms with Crippen LogP contribution in [0.5, 0.6) is 0 Å². The van der Waals surface area contributed by atoms with Crippen LogP contribution in [0, 0.1) is 6.92 Å². The standard InChI is InChI=1S/C21H22N2O4S/c1-14-13-17(20(25)23-9-11-28-12-10-23)7-8-18(14)22-19(24)15-3-5-16(6-4-15)21(26)27-2/h3-8,13H,9-12H2,1-2H3,(H,22,24). The maximum atomic E-state index is 12.6. The summed E-state index contributed by atoms with van der Waals surface area (Å²) in [7, 11) is 1.31. The van der Waals surface area contributed by atoms with Crippen LogP contribution in [-0.4, -0.2) is 54.4 Å². The molecule has 0 aliphatic carbocycles. The van der Waals surface area contributed by atoms with Crippen LogP contribution in [0.25, 0.3) is 0 Å². The van der Waals surface area contributed by atoms with Crippen molar-refractivity contribution in [3.63, 3.8) is 0 Å². The number of benzene rings is 2. The van der Waals surface area contributed by atoms with E-state index in [0.717, 1.165) is 30.2 Å². The van der Waals surface area contributed by atoms with Crippen LogP contribution in [0.3, 0.4) is 0 Å². The number of hydrogen-bond donors (Lipinski definition) is 1. The fourth-order valence-corrected chi connectivity index (χ4v) is 3.86. The predicted molar refractivity (Wildman–Crippen MR) is 110 cm³/mol. The third kappa shape index (κ3) is 4.54. The van der Waals surface area contributed by atoms with Crippen LogP contribution in [0.2, 0.25) is 0 Å². The van der Waals surface area contributed by atoms with E-state index in [9.17, 15) is 14.4 Å². The van der Waals surface area contributed by atoms with E-state index in [0.29, 0.717) is 22.4 Å². The van der Waals surface area contributed by atoms with Gasteiger partial charge in [0.05, 0.1) is 12.7 Å². The van der Waals surface area contributed by atoms with Crippen molar-refractivity contribution in [3.8, 4) is 0 Å². The number of nitrogens with one attached hydrogen (secondary N) is 1. The second-order valence-corrected chi connectivity index (χ2v) is 7.68. The molecule has 1 saturated heterocycles. The molecule has 1 aliphatic heterocycles. The largest absolute Gasteiger partial charge is 0.465 e. The van der Waals surface area contributed by atoms with E-state index in [1.807, 2.05) is 23.6 Å². The number of amides is 2. The summed E-state index contributed by atoms with van der Waals surface area (Å²) in [6.45, 7) is 3.39. The Morgan fingerprint density at radius 1 is 0.964 bits per heavy atom. The summed E-state index contributed by atoms with van der Waals surface area (Å²) in [4.78, 5) is 38.4. The number of rotatable bonds is 4. The van der Waals surface area contributed by atoms with Gasteiger partial charge in [-0.1, -0.05) is 0 Å². The SMILES string of the molecule is COC(=O)c1ccc(C(=O)Nc2ccc(C(=O)N3CCSCC3)cc2C)cc1. The van der Waals surface area contributed by atoms with Crippen LogP contribution >= 0.6 is 11.8 Å². The Balaban J connectivity index is 1.69. The van der Waals surface area contributed by atoms with Crippen LogP contribution in [0.1, 0.15) is 36.6 Å². The molecular formula is C21H22N2O4S. The molecule has 1 fully saturated rings. The van der Waals surface area contributed by atoms with E-state index >= 15 is 0 Å². The van der Waals surface area contributed by atoms with Crippen molar-refractivity contribution in [1.29, 1.82) is 0 Å². The average Bonchev–Trinajstić information content (AvgIpc) is 2.74. The number of esters is 1. The van der Waals surface area contributed by atoms with E-state index in [1.165, 1.54) is 7.11 Å².